The summed E-state index contributed by atoms with van der Waals surface area (Å²) in [7, 11) is 0. The molecule has 1 aromatic heterocycles. The molecule has 0 fully saturated rings. The Kier molecular flexibility index (Phi) is 3.74. The third-order valence-electron chi connectivity index (χ3n) is 2.55. The number of aryl methyl sites for hydroxylation is 2. The van der Waals surface area contributed by atoms with Gasteiger partial charge in [-0.3, -0.25) is 0 Å². The van der Waals surface area contributed by atoms with E-state index in [1.807, 2.05) is 30.3 Å². The Hall–Kier alpha value is -1.85. The van der Waals surface area contributed by atoms with E-state index in [1.165, 1.54) is 5.56 Å². The minimum Gasteiger partial charge on any atom is -0.244 e. The van der Waals surface area contributed by atoms with Gasteiger partial charge in [0.15, 0.2) is 5.69 Å². The van der Waals surface area contributed by atoms with Crippen molar-refractivity contribution in [2.45, 2.75) is 12.8 Å². The van der Waals surface area contributed by atoms with E-state index in [0.29, 0.717) is 5.02 Å². The monoisotopic (exact) mass is 242 g/mol. The van der Waals surface area contributed by atoms with Crippen molar-refractivity contribution in [2.24, 2.45) is 0 Å². The number of halogens is 1. The second-order valence-electron chi connectivity index (χ2n) is 3.77. The minimum absolute atomic E-state index is 0.287. The largest absolute Gasteiger partial charge is 0.244 e. The lowest BCUT2D eigenvalue weighted by Gasteiger charge is -2.02. The number of benzene rings is 1. The van der Waals surface area contributed by atoms with Crippen LogP contribution in [0.5, 0.6) is 0 Å². The molecular weight excluding hydrogens is 232 g/mol. The quantitative estimate of drug-likeness (QED) is 0.827. The first kappa shape index (κ1) is 11.6. The van der Waals surface area contributed by atoms with Crippen LogP contribution in [0, 0.1) is 11.3 Å². The number of nitrogens with zero attached hydrogens (tertiary/aromatic N) is 2. The molecule has 0 aliphatic carbocycles. The molecular formula is C14H11ClN2. The van der Waals surface area contributed by atoms with Crippen LogP contribution in [-0.2, 0) is 12.8 Å². The third kappa shape index (κ3) is 3.05. The molecule has 0 atom stereocenters. The van der Waals surface area contributed by atoms with Gasteiger partial charge in [0, 0.05) is 6.20 Å². The molecule has 0 bridgehead atoms. The van der Waals surface area contributed by atoms with Crippen LogP contribution in [0.1, 0.15) is 16.8 Å². The summed E-state index contributed by atoms with van der Waals surface area (Å²) in [4.78, 5) is 4.02. The van der Waals surface area contributed by atoms with Gasteiger partial charge in [-0.05, 0) is 30.0 Å². The summed E-state index contributed by atoms with van der Waals surface area (Å²) in [5.41, 5.74) is 2.63. The van der Waals surface area contributed by atoms with Gasteiger partial charge in [-0.25, -0.2) is 4.98 Å². The summed E-state index contributed by atoms with van der Waals surface area (Å²) < 4.78 is 0. The number of rotatable bonds is 3. The van der Waals surface area contributed by atoms with Crippen molar-refractivity contribution in [1.82, 2.24) is 4.98 Å². The maximum absolute atomic E-state index is 8.72. The van der Waals surface area contributed by atoms with E-state index >= 15 is 0 Å². The molecule has 2 aromatic rings. The van der Waals surface area contributed by atoms with Gasteiger partial charge in [-0.1, -0.05) is 41.9 Å². The highest BCUT2D eigenvalue weighted by atomic mass is 35.5. The van der Waals surface area contributed by atoms with E-state index < -0.39 is 0 Å². The zero-order valence-electron chi connectivity index (χ0n) is 9.23. The van der Waals surface area contributed by atoms with Gasteiger partial charge >= 0.3 is 0 Å². The van der Waals surface area contributed by atoms with Gasteiger partial charge < -0.3 is 0 Å². The zero-order valence-corrected chi connectivity index (χ0v) is 9.98. The number of hydrogen-bond acceptors (Lipinski definition) is 2. The van der Waals surface area contributed by atoms with Crippen molar-refractivity contribution in [3.8, 4) is 6.07 Å². The van der Waals surface area contributed by atoms with Gasteiger partial charge in [0.05, 0.1) is 5.02 Å². The highest BCUT2D eigenvalue weighted by molar-refractivity contribution is 6.31. The highest BCUT2D eigenvalue weighted by Crippen LogP contribution is 2.15. The summed E-state index contributed by atoms with van der Waals surface area (Å²) in [6.07, 6.45) is 3.54. The first-order valence-corrected chi connectivity index (χ1v) is 5.76. The van der Waals surface area contributed by atoms with Gasteiger partial charge in [-0.15, -0.1) is 0 Å². The molecule has 0 saturated heterocycles. The van der Waals surface area contributed by atoms with E-state index in [1.54, 1.807) is 6.20 Å². The van der Waals surface area contributed by atoms with Crippen molar-refractivity contribution in [1.29, 1.82) is 5.26 Å². The molecule has 0 saturated carbocycles. The lowest BCUT2D eigenvalue weighted by Crippen LogP contribution is -1.94. The van der Waals surface area contributed by atoms with Crippen LogP contribution < -0.4 is 0 Å². The van der Waals surface area contributed by atoms with Gasteiger partial charge in [0.25, 0.3) is 0 Å². The summed E-state index contributed by atoms with van der Waals surface area (Å²) in [5.74, 6) is 0. The predicted molar refractivity (Wildman–Crippen MR) is 67.8 cm³/mol. The van der Waals surface area contributed by atoms with Crippen molar-refractivity contribution in [3.63, 3.8) is 0 Å². The average Bonchev–Trinajstić information content (AvgIpc) is 2.38. The van der Waals surface area contributed by atoms with Crippen LogP contribution in [-0.4, -0.2) is 4.98 Å². The molecule has 0 N–H and O–H groups in total. The Morgan fingerprint density at radius 1 is 1.12 bits per heavy atom. The second kappa shape index (κ2) is 5.47. The van der Waals surface area contributed by atoms with Gasteiger partial charge in [0.2, 0.25) is 0 Å². The Balaban J connectivity index is 2.06. The smallest absolute Gasteiger partial charge is 0.159 e. The number of pyridine rings is 1. The molecule has 0 radical (unpaired) electrons. The first-order valence-electron chi connectivity index (χ1n) is 5.38. The predicted octanol–water partition coefficient (Wildman–Crippen LogP) is 3.39. The summed E-state index contributed by atoms with van der Waals surface area (Å²) >= 11 is 5.93. The first-order chi connectivity index (χ1) is 8.29. The molecule has 0 unspecified atom stereocenters. The van der Waals surface area contributed by atoms with Crippen LogP contribution in [0.2, 0.25) is 5.02 Å². The molecule has 1 aromatic carbocycles. The number of nitriles is 1. The number of aromatic nitrogens is 1. The molecule has 0 aliphatic heterocycles. The van der Waals surface area contributed by atoms with Gasteiger partial charge in [0.1, 0.15) is 6.07 Å². The summed E-state index contributed by atoms with van der Waals surface area (Å²) in [6.45, 7) is 0. The van der Waals surface area contributed by atoms with Crippen molar-refractivity contribution < 1.29 is 0 Å². The van der Waals surface area contributed by atoms with Crippen molar-refractivity contribution in [2.75, 3.05) is 0 Å². The average molecular weight is 243 g/mol. The summed E-state index contributed by atoms with van der Waals surface area (Å²) in [5, 5.41) is 9.15. The van der Waals surface area contributed by atoms with Crippen molar-refractivity contribution in [3.05, 3.63) is 64.4 Å². The fourth-order valence-corrected chi connectivity index (χ4v) is 1.86. The standard InChI is InChI=1S/C14H11ClN2/c15-13-8-12(10-17-14(13)9-16)7-6-11-4-2-1-3-5-11/h1-5,8,10H,6-7H2. The molecule has 2 nitrogen and oxygen atoms in total. The molecule has 3 heteroatoms. The van der Waals surface area contributed by atoms with Gasteiger partial charge in [-0.2, -0.15) is 5.26 Å². The lowest BCUT2D eigenvalue weighted by atomic mass is 10.1. The minimum atomic E-state index is 0.287. The molecule has 0 spiro atoms. The fraction of sp³-hybridized carbons (Fsp3) is 0.143. The Labute approximate surface area is 105 Å². The molecule has 0 amide bonds. The SMILES string of the molecule is N#Cc1ncc(CCc2ccccc2)cc1Cl. The van der Waals surface area contributed by atoms with E-state index in [9.17, 15) is 0 Å². The Morgan fingerprint density at radius 2 is 1.82 bits per heavy atom. The summed E-state index contributed by atoms with van der Waals surface area (Å²) in [6, 6.07) is 14.0. The lowest BCUT2D eigenvalue weighted by molar-refractivity contribution is 0.948. The Bertz CT molecular complexity index is 544. The van der Waals surface area contributed by atoms with E-state index in [0.717, 1.165) is 18.4 Å². The number of hydrogen-bond donors (Lipinski definition) is 0. The van der Waals surface area contributed by atoms with E-state index in [2.05, 4.69) is 17.1 Å². The molecule has 1 heterocycles. The topological polar surface area (TPSA) is 36.7 Å². The van der Waals surface area contributed by atoms with Crippen LogP contribution in [0.15, 0.2) is 42.6 Å². The van der Waals surface area contributed by atoms with E-state index in [4.69, 9.17) is 16.9 Å². The molecule has 2 rings (SSSR count). The normalized spacial score (nSPS) is 9.88. The maximum Gasteiger partial charge on any atom is 0.159 e. The van der Waals surface area contributed by atoms with Crippen molar-refractivity contribution >= 4 is 11.6 Å². The fourth-order valence-electron chi connectivity index (χ4n) is 1.63. The van der Waals surface area contributed by atoms with Crippen LogP contribution in [0.25, 0.3) is 0 Å². The molecule has 84 valence electrons. The van der Waals surface area contributed by atoms with Crippen LogP contribution in [0.4, 0.5) is 0 Å². The highest BCUT2D eigenvalue weighted by Gasteiger charge is 2.02. The van der Waals surface area contributed by atoms with E-state index in [-0.39, 0.29) is 5.69 Å². The second-order valence-corrected chi connectivity index (χ2v) is 4.18. The zero-order chi connectivity index (χ0) is 12.1. The third-order valence-corrected chi connectivity index (χ3v) is 2.84. The van der Waals surface area contributed by atoms with Crippen LogP contribution in [0.3, 0.4) is 0 Å². The molecule has 17 heavy (non-hydrogen) atoms. The molecule has 0 aliphatic rings. The Morgan fingerprint density at radius 3 is 2.47 bits per heavy atom. The maximum atomic E-state index is 8.72. The van der Waals surface area contributed by atoms with Crippen LogP contribution >= 0.6 is 11.6 Å².